The zero-order chi connectivity index (χ0) is 15.0. The van der Waals surface area contributed by atoms with E-state index in [4.69, 9.17) is 11.6 Å². The van der Waals surface area contributed by atoms with Gasteiger partial charge < -0.3 is 0 Å². The summed E-state index contributed by atoms with van der Waals surface area (Å²) in [5, 5.41) is 0.520. The lowest BCUT2D eigenvalue weighted by atomic mass is 10.1. The molecule has 21 heavy (non-hydrogen) atoms. The van der Waals surface area contributed by atoms with Crippen LogP contribution in [-0.2, 0) is 12.6 Å². The number of halogens is 4. The van der Waals surface area contributed by atoms with Gasteiger partial charge in [0.15, 0.2) is 0 Å². The van der Waals surface area contributed by atoms with Gasteiger partial charge in [0.25, 0.3) is 0 Å². The van der Waals surface area contributed by atoms with E-state index in [1.807, 2.05) is 12.1 Å². The average molecular weight is 311 g/mol. The third-order valence-corrected chi connectivity index (χ3v) is 3.52. The number of alkyl halides is 3. The number of pyridine rings is 1. The number of aromatic nitrogens is 2. The Balaban J connectivity index is 1.92. The van der Waals surface area contributed by atoms with Crippen molar-refractivity contribution in [1.29, 1.82) is 0 Å². The molecule has 0 aliphatic carbocycles. The van der Waals surface area contributed by atoms with Gasteiger partial charge in [0, 0.05) is 6.42 Å². The minimum absolute atomic E-state index is 0.413. The van der Waals surface area contributed by atoms with Crippen molar-refractivity contribution in [2.24, 2.45) is 0 Å². The predicted molar refractivity (Wildman–Crippen MR) is 74.5 cm³/mol. The molecule has 0 aliphatic rings. The highest BCUT2D eigenvalue weighted by molar-refractivity contribution is 6.29. The number of nitrogens with zero attached hydrogens (tertiary/aromatic N) is 2. The van der Waals surface area contributed by atoms with Crippen LogP contribution in [0.3, 0.4) is 0 Å². The molecule has 6 heteroatoms. The van der Waals surface area contributed by atoms with E-state index in [1.54, 1.807) is 16.7 Å². The number of hydrogen-bond donors (Lipinski definition) is 0. The van der Waals surface area contributed by atoms with E-state index in [-0.39, 0.29) is 0 Å². The van der Waals surface area contributed by atoms with Crippen LogP contribution in [0.1, 0.15) is 17.0 Å². The number of hydrogen-bond acceptors (Lipinski definition) is 1. The van der Waals surface area contributed by atoms with Crippen LogP contribution < -0.4 is 0 Å². The second-order valence-electron chi connectivity index (χ2n) is 4.65. The molecule has 0 saturated heterocycles. The van der Waals surface area contributed by atoms with E-state index >= 15 is 0 Å². The van der Waals surface area contributed by atoms with Crippen LogP contribution in [0.15, 0.2) is 48.7 Å². The van der Waals surface area contributed by atoms with Crippen LogP contribution in [0.5, 0.6) is 0 Å². The Hall–Kier alpha value is -2.01. The van der Waals surface area contributed by atoms with E-state index in [9.17, 15) is 13.2 Å². The van der Waals surface area contributed by atoms with E-state index in [2.05, 4.69) is 4.98 Å². The molecular formula is C15H10ClF3N2. The molecule has 0 unspecified atom stereocenters. The van der Waals surface area contributed by atoms with Crippen LogP contribution in [0.25, 0.3) is 5.52 Å². The van der Waals surface area contributed by atoms with Gasteiger partial charge in [-0.1, -0.05) is 29.8 Å². The molecule has 0 radical (unpaired) electrons. The first kappa shape index (κ1) is 13.9. The maximum atomic E-state index is 12.5. The summed E-state index contributed by atoms with van der Waals surface area (Å²) in [6.07, 6.45) is -2.22. The summed E-state index contributed by atoms with van der Waals surface area (Å²) in [6.45, 7) is 0. The van der Waals surface area contributed by atoms with Gasteiger partial charge in [-0.25, -0.2) is 4.98 Å². The lowest BCUT2D eigenvalue weighted by Crippen LogP contribution is -2.05. The van der Waals surface area contributed by atoms with Crippen molar-refractivity contribution in [1.82, 2.24) is 9.38 Å². The summed E-state index contributed by atoms with van der Waals surface area (Å²) in [4.78, 5) is 4.28. The molecule has 0 fully saturated rings. The fraction of sp³-hybridized carbons (Fsp3) is 0.133. The van der Waals surface area contributed by atoms with Gasteiger partial charge in [0.1, 0.15) is 11.0 Å². The zero-order valence-electron chi connectivity index (χ0n) is 10.7. The van der Waals surface area contributed by atoms with Crippen molar-refractivity contribution in [2.45, 2.75) is 12.6 Å². The Morgan fingerprint density at radius 1 is 1.05 bits per heavy atom. The van der Waals surface area contributed by atoms with Gasteiger partial charge in [-0.3, -0.25) is 4.40 Å². The normalized spacial score (nSPS) is 12.0. The summed E-state index contributed by atoms with van der Waals surface area (Å²) < 4.78 is 39.3. The molecule has 0 N–H and O–H groups in total. The molecule has 0 spiro atoms. The van der Waals surface area contributed by atoms with Gasteiger partial charge >= 0.3 is 6.18 Å². The van der Waals surface area contributed by atoms with Crippen molar-refractivity contribution >= 4 is 17.1 Å². The minimum Gasteiger partial charge on any atom is -0.287 e. The molecular weight excluding hydrogens is 301 g/mol. The lowest BCUT2D eigenvalue weighted by molar-refractivity contribution is -0.137. The fourth-order valence-corrected chi connectivity index (χ4v) is 2.46. The summed E-state index contributed by atoms with van der Waals surface area (Å²) in [7, 11) is 0. The molecule has 2 nitrogen and oxygen atoms in total. The fourth-order valence-electron chi connectivity index (χ4n) is 2.19. The summed E-state index contributed by atoms with van der Waals surface area (Å²) >= 11 is 6.13. The summed E-state index contributed by atoms with van der Waals surface area (Å²) in [5.41, 5.74) is 0.942. The van der Waals surface area contributed by atoms with E-state index in [0.717, 1.165) is 23.2 Å². The molecule has 0 bridgehead atoms. The highest BCUT2D eigenvalue weighted by atomic mass is 35.5. The van der Waals surface area contributed by atoms with E-state index in [1.165, 1.54) is 12.1 Å². The molecule has 108 valence electrons. The maximum Gasteiger partial charge on any atom is 0.416 e. The Morgan fingerprint density at radius 3 is 2.43 bits per heavy atom. The first-order chi connectivity index (χ1) is 9.95. The number of rotatable bonds is 2. The summed E-state index contributed by atoms with van der Waals surface area (Å²) in [6, 6.07) is 10.5. The highest BCUT2D eigenvalue weighted by Gasteiger charge is 2.29. The standard InChI is InChI=1S/C15H10ClF3N2/c16-13-3-1-2-12-9-20-14(21(12)13)8-10-4-6-11(7-5-10)15(17,18)19/h1-7,9H,8H2. The zero-order valence-corrected chi connectivity index (χ0v) is 11.5. The second kappa shape index (κ2) is 5.07. The first-order valence-electron chi connectivity index (χ1n) is 6.22. The smallest absolute Gasteiger partial charge is 0.287 e. The van der Waals surface area contributed by atoms with Crippen LogP contribution >= 0.6 is 11.6 Å². The molecule has 2 heterocycles. The van der Waals surface area contributed by atoms with Crippen molar-refractivity contribution in [2.75, 3.05) is 0 Å². The summed E-state index contributed by atoms with van der Waals surface area (Å²) in [5.74, 6) is 0.690. The Bertz CT molecular complexity index is 776. The molecule has 0 saturated carbocycles. The van der Waals surface area contributed by atoms with Gasteiger partial charge in [-0.2, -0.15) is 13.2 Å². The van der Waals surface area contributed by atoms with Crippen molar-refractivity contribution in [3.63, 3.8) is 0 Å². The van der Waals surface area contributed by atoms with Crippen LogP contribution in [0, 0.1) is 0 Å². The topological polar surface area (TPSA) is 17.3 Å². The molecule has 0 amide bonds. The van der Waals surface area contributed by atoms with Gasteiger partial charge in [0.05, 0.1) is 17.3 Å². The predicted octanol–water partition coefficient (Wildman–Crippen LogP) is 4.60. The highest BCUT2D eigenvalue weighted by Crippen LogP contribution is 2.29. The van der Waals surface area contributed by atoms with Crippen molar-refractivity contribution < 1.29 is 13.2 Å². The average Bonchev–Trinajstić information content (AvgIpc) is 2.83. The Kier molecular flexibility index (Phi) is 3.37. The quantitative estimate of drug-likeness (QED) is 0.632. The molecule has 3 aromatic rings. The Labute approximate surface area is 123 Å². The molecule has 1 aromatic carbocycles. The maximum absolute atomic E-state index is 12.5. The van der Waals surface area contributed by atoms with Crippen molar-refractivity contribution in [3.05, 3.63) is 70.8 Å². The van der Waals surface area contributed by atoms with Gasteiger partial charge in [0.2, 0.25) is 0 Å². The largest absolute Gasteiger partial charge is 0.416 e. The van der Waals surface area contributed by atoms with E-state index in [0.29, 0.717) is 17.4 Å². The molecule has 0 atom stereocenters. The SMILES string of the molecule is FC(F)(F)c1ccc(Cc2ncc3cccc(Cl)n23)cc1. The number of fused-ring (bicyclic) bond motifs is 1. The third kappa shape index (κ3) is 2.74. The number of benzene rings is 1. The van der Waals surface area contributed by atoms with Crippen LogP contribution in [0.4, 0.5) is 13.2 Å². The minimum atomic E-state index is -4.32. The Morgan fingerprint density at radius 2 is 1.76 bits per heavy atom. The van der Waals surface area contributed by atoms with Gasteiger partial charge in [-0.05, 0) is 29.8 Å². The third-order valence-electron chi connectivity index (χ3n) is 3.22. The molecule has 0 aliphatic heterocycles. The van der Waals surface area contributed by atoms with Crippen LogP contribution in [-0.4, -0.2) is 9.38 Å². The number of imidazole rings is 1. The first-order valence-corrected chi connectivity index (χ1v) is 6.60. The van der Waals surface area contributed by atoms with Crippen LogP contribution in [0.2, 0.25) is 5.15 Å². The van der Waals surface area contributed by atoms with E-state index < -0.39 is 11.7 Å². The molecule has 3 rings (SSSR count). The molecule has 2 aromatic heterocycles. The second-order valence-corrected chi connectivity index (χ2v) is 5.04. The monoisotopic (exact) mass is 310 g/mol. The van der Waals surface area contributed by atoms with Crippen molar-refractivity contribution in [3.8, 4) is 0 Å². The lowest BCUT2D eigenvalue weighted by Gasteiger charge is -2.08. The van der Waals surface area contributed by atoms with Gasteiger partial charge in [-0.15, -0.1) is 0 Å².